The minimum absolute atomic E-state index is 0.0544. The molecule has 0 aromatic rings. The highest BCUT2D eigenvalue weighted by atomic mass is 16.9. The fourth-order valence-corrected chi connectivity index (χ4v) is 9.19. The Morgan fingerprint density at radius 3 is 2.23 bits per heavy atom. The van der Waals surface area contributed by atoms with E-state index in [0.717, 1.165) is 0 Å². The number of fused-ring (bicyclic) bond motifs is 1. The van der Waals surface area contributed by atoms with Crippen LogP contribution in [-0.2, 0) is 38.0 Å². The third-order valence-corrected chi connectivity index (χ3v) is 12.5. The van der Waals surface area contributed by atoms with Gasteiger partial charge in [-0.3, -0.25) is 4.79 Å². The maximum atomic E-state index is 14.4. The molecule has 4 rings (SSSR count). The lowest BCUT2D eigenvalue weighted by molar-refractivity contribution is -0.474. The molecule has 0 saturated carbocycles. The Kier molecular flexibility index (Phi) is 14.2. The van der Waals surface area contributed by atoms with Crippen LogP contribution < -0.4 is 0 Å². The molecule has 0 aliphatic carbocycles. The molecule has 15 heteroatoms. The van der Waals surface area contributed by atoms with Crippen molar-refractivity contribution in [2.24, 2.45) is 17.8 Å². The highest BCUT2D eigenvalue weighted by molar-refractivity contribution is 5.74. The molecule has 0 bridgehead atoms. The Morgan fingerprint density at radius 2 is 1.64 bits per heavy atom. The van der Waals surface area contributed by atoms with Gasteiger partial charge in [0.05, 0.1) is 43.0 Å². The molecule has 18 atom stereocenters. The van der Waals surface area contributed by atoms with E-state index in [0.29, 0.717) is 13.0 Å². The van der Waals surface area contributed by atoms with E-state index in [-0.39, 0.29) is 43.9 Å². The number of cyclic esters (lactones) is 1. The van der Waals surface area contributed by atoms with Crippen LogP contribution in [0.3, 0.4) is 0 Å². The second-order valence-electron chi connectivity index (χ2n) is 17.5. The van der Waals surface area contributed by atoms with E-state index in [4.69, 9.17) is 33.2 Å². The standard InChI is InChI=1S/C38H70N2O13/c1-14-27-37(9,46)30(42)23(5)40(12)17-20(2)16-35(7,45)32(51-34-28(41)26(39(10)11)15-21(3)49-34)22(4)29-25(33(44)50-27)18-48-38(53-29)19-36(8,47-13)31(43)24(6)52-38/h20-32,34,41-43,45-46H,14-19H2,1-13H3. The molecular weight excluding hydrogens is 692 g/mol. The molecule has 0 aromatic carbocycles. The number of hydrogen-bond donors (Lipinski definition) is 5. The van der Waals surface area contributed by atoms with Crippen LogP contribution in [0.5, 0.6) is 0 Å². The maximum Gasteiger partial charge on any atom is 0.314 e. The number of ether oxygens (including phenoxy) is 7. The van der Waals surface area contributed by atoms with E-state index in [9.17, 15) is 30.3 Å². The number of carbonyl (C=O) groups is 1. The molecule has 0 aromatic heterocycles. The van der Waals surface area contributed by atoms with Gasteiger partial charge in [0.15, 0.2) is 6.29 Å². The SMILES string of the molecule is CCC1OC(=O)C2COC3(CC(C)(OC)C(O)C(C)O3)OC2C(C)C(OC2OC(C)CC(N(C)C)C2O)C(C)(O)CC(C)CN(C)C(C)C(O)C1(C)O. The Balaban J connectivity index is 1.85. The lowest BCUT2D eigenvalue weighted by Crippen LogP contribution is -2.67. The van der Waals surface area contributed by atoms with Crippen LogP contribution in [0.25, 0.3) is 0 Å². The summed E-state index contributed by atoms with van der Waals surface area (Å²) in [7, 11) is 7.07. The molecule has 15 nitrogen and oxygen atoms in total. The summed E-state index contributed by atoms with van der Waals surface area (Å²) in [5.74, 6) is -4.58. The molecule has 0 amide bonds. The first kappa shape index (κ1) is 44.7. The van der Waals surface area contributed by atoms with E-state index < -0.39 is 95.6 Å². The van der Waals surface area contributed by atoms with Crippen LogP contribution in [-0.4, -0.2) is 173 Å². The third kappa shape index (κ3) is 9.24. The summed E-state index contributed by atoms with van der Waals surface area (Å²) in [5.41, 5.74) is -4.56. The largest absolute Gasteiger partial charge is 0.459 e. The van der Waals surface area contributed by atoms with Gasteiger partial charge in [-0.15, -0.1) is 0 Å². The van der Waals surface area contributed by atoms with Crippen molar-refractivity contribution in [2.75, 3.05) is 41.4 Å². The van der Waals surface area contributed by atoms with E-state index in [1.807, 2.05) is 44.8 Å². The lowest BCUT2D eigenvalue weighted by atomic mass is 9.77. The Labute approximate surface area is 316 Å². The molecule has 4 saturated heterocycles. The van der Waals surface area contributed by atoms with Crippen molar-refractivity contribution < 1.29 is 63.5 Å². The Bertz CT molecular complexity index is 1220. The van der Waals surface area contributed by atoms with Crippen molar-refractivity contribution >= 4 is 5.97 Å². The quantitative estimate of drug-likeness (QED) is 0.252. The second-order valence-corrected chi connectivity index (χ2v) is 17.5. The molecule has 1 spiro atoms. The van der Waals surface area contributed by atoms with E-state index >= 15 is 0 Å². The van der Waals surface area contributed by atoms with Crippen LogP contribution in [0.1, 0.15) is 88.0 Å². The fraction of sp³-hybridized carbons (Fsp3) is 0.974. The number of nitrogens with zero attached hydrogens (tertiary/aromatic N) is 2. The summed E-state index contributed by atoms with van der Waals surface area (Å²) in [6.07, 6.45) is -7.91. The highest BCUT2D eigenvalue weighted by Gasteiger charge is 2.61. The minimum Gasteiger partial charge on any atom is -0.459 e. The van der Waals surface area contributed by atoms with Crippen molar-refractivity contribution in [1.29, 1.82) is 0 Å². The zero-order valence-corrected chi connectivity index (χ0v) is 34.2. The first-order valence-electron chi connectivity index (χ1n) is 19.3. The lowest BCUT2D eigenvalue weighted by Gasteiger charge is -2.54. The monoisotopic (exact) mass is 762 g/mol. The third-order valence-electron chi connectivity index (χ3n) is 12.5. The van der Waals surface area contributed by atoms with Gasteiger partial charge in [-0.25, -0.2) is 0 Å². The molecule has 310 valence electrons. The van der Waals surface area contributed by atoms with Crippen molar-refractivity contribution in [3.8, 4) is 0 Å². The Morgan fingerprint density at radius 1 is 1.00 bits per heavy atom. The van der Waals surface area contributed by atoms with Gasteiger partial charge in [0.1, 0.15) is 41.5 Å². The summed E-state index contributed by atoms with van der Waals surface area (Å²) in [6, 6.07) is -0.840. The van der Waals surface area contributed by atoms with Gasteiger partial charge in [-0.2, -0.15) is 0 Å². The summed E-state index contributed by atoms with van der Waals surface area (Å²) >= 11 is 0. The highest BCUT2D eigenvalue weighted by Crippen LogP contribution is 2.46. The first-order valence-corrected chi connectivity index (χ1v) is 19.3. The van der Waals surface area contributed by atoms with E-state index in [2.05, 4.69) is 0 Å². The molecule has 4 aliphatic rings. The molecule has 5 N–H and O–H groups in total. The molecule has 4 aliphatic heterocycles. The number of methoxy groups -OCH3 is 1. The summed E-state index contributed by atoms with van der Waals surface area (Å²) in [5, 5.41) is 58.4. The number of hydrogen-bond acceptors (Lipinski definition) is 15. The molecule has 53 heavy (non-hydrogen) atoms. The van der Waals surface area contributed by atoms with Crippen molar-refractivity contribution in [2.45, 2.75) is 178 Å². The minimum atomic E-state index is -1.83. The van der Waals surface area contributed by atoms with E-state index in [1.54, 1.807) is 41.5 Å². The molecular formula is C38H70N2O13. The number of carbonyl (C=O) groups excluding carboxylic acids is 1. The summed E-state index contributed by atoms with van der Waals surface area (Å²) in [6.45, 7) is 16.0. The predicted molar refractivity (Wildman–Crippen MR) is 193 cm³/mol. The van der Waals surface area contributed by atoms with Gasteiger partial charge < -0.3 is 68.5 Å². The first-order chi connectivity index (χ1) is 24.4. The van der Waals surface area contributed by atoms with Gasteiger partial charge in [0, 0.05) is 31.7 Å². The average Bonchev–Trinajstić information content (AvgIpc) is 3.07. The van der Waals surface area contributed by atoms with Crippen LogP contribution in [0.4, 0.5) is 0 Å². The number of esters is 1. The van der Waals surface area contributed by atoms with Crippen LogP contribution in [0, 0.1) is 17.8 Å². The predicted octanol–water partition coefficient (Wildman–Crippen LogP) is 1.24. The van der Waals surface area contributed by atoms with Gasteiger partial charge in [0.25, 0.3) is 5.97 Å². The van der Waals surface area contributed by atoms with Crippen LogP contribution >= 0.6 is 0 Å². The fourth-order valence-electron chi connectivity index (χ4n) is 9.19. The summed E-state index contributed by atoms with van der Waals surface area (Å²) in [4.78, 5) is 18.2. The topological polar surface area (TPSA) is 189 Å². The van der Waals surface area contributed by atoms with Gasteiger partial charge in [-0.05, 0) is 87.9 Å². The van der Waals surface area contributed by atoms with Gasteiger partial charge >= 0.3 is 5.97 Å². The Hall–Kier alpha value is -1.05. The zero-order valence-electron chi connectivity index (χ0n) is 34.2. The average molecular weight is 763 g/mol. The number of aliphatic hydroxyl groups is 5. The number of aliphatic hydroxyl groups excluding tert-OH is 3. The van der Waals surface area contributed by atoms with Crippen molar-refractivity contribution in [1.82, 2.24) is 9.80 Å². The molecule has 4 fully saturated rings. The zero-order chi connectivity index (χ0) is 40.0. The second kappa shape index (κ2) is 16.8. The smallest absolute Gasteiger partial charge is 0.314 e. The van der Waals surface area contributed by atoms with Gasteiger partial charge in [-0.1, -0.05) is 20.8 Å². The van der Waals surface area contributed by atoms with Crippen LogP contribution in [0.2, 0.25) is 0 Å². The van der Waals surface area contributed by atoms with E-state index in [1.165, 1.54) is 14.0 Å². The number of likely N-dealkylation sites (N-methyl/N-ethyl adjacent to an activating group) is 2. The molecule has 4 heterocycles. The van der Waals surface area contributed by atoms with Crippen molar-refractivity contribution in [3.05, 3.63) is 0 Å². The maximum absolute atomic E-state index is 14.4. The number of rotatable bonds is 5. The normalized spacial score (nSPS) is 51.3. The van der Waals surface area contributed by atoms with Crippen LogP contribution in [0.15, 0.2) is 0 Å². The van der Waals surface area contributed by atoms with Gasteiger partial charge in [0.2, 0.25) is 0 Å². The molecule has 18 unspecified atom stereocenters. The molecule has 0 radical (unpaired) electrons. The summed E-state index contributed by atoms with van der Waals surface area (Å²) < 4.78 is 44.1. The van der Waals surface area contributed by atoms with Crippen molar-refractivity contribution in [3.63, 3.8) is 0 Å².